The molecule has 1 saturated carbocycles. The molecule has 3 rings (SSSR count). The van der Waals surface area contributed by atoms with Crippen molar-refractivity contribution in [2.75, 3.05) is 26.2 Å². The first-order valence-electron chi connectivity index (χ1n) is 4.83. The summed E-state index contributed by atoms with van der Waals surface area (Å²) in [5.41, 5.74) is 0.755. The fourth-order valence-corrected chi connectivity index (χ4v) is 3.34. The van der Waals surface area contributed by atoms with Crippen LogP contribution in [0, 0.1) is 17.3 Å². The Hall–Kier alpha value is -0.0800. The van der Waals surface area contributed by atoms with Gasteiger partial charge < -0.3 is 10.6 Å². The highest BCUT2D eigenvalue weighted by molar-refractivity contribution is 5.09. The quantitative estimate of drug-likeness (QED) is 0.518. The summed E-state index contributed by atoms with van der Waals surface area (Å²) in [5.74, 6) is 2.00. The first kappa shape index (κ1) is 6.44. The molecule has 2 aliphatic heterocycles. The molecule has 2 heterocycles. The van der Waals surface area contributed by atoms with Gasteiger partial charge in [-0.15, -0.1) is 0 Å². The Morgan fingerprint density at radius 3 is 1.91 bits per heavy atom. The van der Waals surface area contributed by atoms with Crippen molar-refractivity contribution in [2.45, 2.75) is 12.8 Å². The summed E-state index contributed by atoms with van der Waals surface area (Å²) in [6.07, 6.45) is 2.97. The van der Waals surface area contributed by atoms with Crippen LogP contribution in [0.2, 0.25) is 0 Å². The monoisotopic (exact) mass is 152 g/mol. The smallest absolute Gasteiger partial charge is 0.00331 e. The van der Waals surface area contributed by atoms with Crippen molar-refractivity contribution >= 4 is 0 Å². The molecule has 11 heavy (non-hydrogen) atoms. The second-order valence-corrected chi connectivity index (χ2v) is 4.47. The predicted octanol–water partition coefficient (Wildman–Crippen LogP) is 0.205. The van der Waals surface area contributed by atoms with E-state index < -0.39 is 0 Å². The zero-order chi connectivity index (χ0) is 7.31. The molecule has 3 aliphatic rings. The van der Waals surface area contributed by atoms with E-state index in [-0.39, 0.29) is 0 Å². The van der Waals surface area contributed by atoms with Gasteiger partial charge in [-0.2, -0.15) is 0 Å². The maximum atomic E-state index is 3.54. The molecule has 0 radical (unpaired) electrons. The molecule has 0 amide bonds. The Balaban J connectivity index is 1.92. The molecule has 0 unspecified atom stereocenters. The van der Waals surface area contributed by atoms with Crippen LogP contribution in [0.25, 0.3) is 0 Å². The Morgan fingerprint density at radius 1 is 0.909 bits per heavy atom. The number of rotatable bonds is 0. The van der Waals surface area contributed by atoms with Crippen LogP contribution >= 0.6 is 0 Å². The second-order valence-electron chi connectivity index (χ2n) is 4.47. The summed E-state index contributed by atoms with van der Waals surface area (Å²) < 4.78 is 0. The largest absolute Gasteiger partial charge is 0.316 e. The summed E-state index contributed by atoms with van der Waals surface area (Å²) in [4.78, 5) is 0. The zero-order valence-electron chi connectivity index (χ0n) is 6.90. The molecule has 2 saturated heterocycles. The maximum Gasteiger partial charge on any atom is 0.00331 e. The van der Waals surface area contributed by atoms with Crippen LogP contribution in [0.1, 0.15) is 12.8 Å². The van der Waals surface area contributed by atoms with Crippen LogP contribution in [-0.2, 0) is 0 Å². The Morgan fingerprint density at radius 2 is 1.55 bits per heavy atom. The van der Waals surface area contributed by atoms with Gasteiger partial charge in [0, 0.05) is 18.5 Å². The lowest BCUT2D eigenvalue weighted by Gasteiger charge is -2.51. The van der Waals surface area contributed by atoms with Crippen molar-refractivity contribution in [3.63, 3.8) is 0 Å². The van der Waals surface area contributed by atoms with E-state index in [1.54, 1.807) is 0 Å². The van der Waals surface area contributed by atoms with Crippen LogP contribution in [0.3, 0.4) is 0 Å². The van der Waals surface area contributed by atoms with Gasteiger partial charge in [-0.3, -0.25) is 0 Å². The van der Waals surface area contributed by atoms with Crippen molar-refractivity contribution in [2.24, 2.45) is 17.3 Å². The van der Waals surface area contributed by atoms with E-state index in [1.165, 1.54) is 39.0 Å². The molecule has 3 fully saturated rings. The fraction of sp³-hybridized carbons (Fsp3) is 1.00. The third kappa shape index (κ3) is 0.651. The molecule has 62 valence electrons. The van der Waals surface area contributed by atoms with Crippen LogP contribution < -0.4 is 10.6 Å². The third-order valence-corrected chi connectivity index (χ3v) is 4.18. The SMILES string of the molecule is C1C[C@H]2CNC[C@@H]1C21CNC1. The Bertz CT molecular complexity index is 156. The third-order valence-electron chi connectivity index (χ3n) is 4.18. The lowest BCUT2D eigenvalue weighted by Crippen LogP contribution is -2.64. The van der Waals surface area contributed by atoms with Crippen LogP contribution in [0.4, 0.5) is 0 Å². The highest BCUT2D eigenvalue weighted by Crippen LogP contribution is 2.51. The number of hydrogen-bond donors (Lipinski definition) is 2. The van der Waals surface area contributed by atoms with Gasteiger partial charge in [0.25, 0.3) is 0 Å². The summed E-state index contributed by atoms with van der Waals surface area (Å²) in [6.45, 7) is 5.20. The number of nitrogens with one attached hydrogen (secondary N) is 2. The molecule has 0 aromatic rings. The fourth-order valence-electron chi connectivity index (χ4n) is 3.34. The second kappa shape index (κ2) is 1.99. The zero-order valence-corrected chi connectivity index (χ0v) is 6.90. The number of hydrogen-bond acceptors (Lipinski definition) is 2. The topological polar surface area (TPSA) is 24.1 Å². The highest BCUT2D eigenvalue weighted by atomic mass is 15.0. The minimum Gasteiger partial charge on any atom is -0.316 e. The van der Waals surface area contributed by atoms with Gasteiger partial charge in [0.1, 0.15) is 0 Å². The maximum absolute atomic E-state index is 3.54. The Labute approximate surface area is 67.7 Å². The summed E-state index contributed by atoms with van der Waals surface area (Å²) >= 11 is 0. The van der Waals surface area contributed by atoms with Crippen molar-refractivity contribution in [3.8, 4) is 0 Å². The van der Waals surface area contributed by atoms with Gasteiger partial charge in [0.15, 0.2) is 0 Å². The summed E-state index contributed by atoms with van der Waals surface area (Å²) in [6, 6.07) is 0. The molecule has 2 bridgehead atoms. The first-order chi connectivity index (χ1) is 5.42. The lowest BCUT2D eigenvalue weighted by molar-refractivity contribution is 0.0316. The van der Waals surface area contributed by atoms with Crippen LogP contribution in [0.15, 0.2) is 0 Å². The highest BCUT2D eigenvalue weighted by Gasteiger charge is 2.54. The van der Waals surface area contributed by atoms with Crippen molar-refractivity contribution in [1.82, 2.24) is 10.6 Å². The first-order valence-corrected chi connectivity index (χ1v) is 4.83. The minimum atomic E-state index is 0.755. The van der Waals surface area contributed by atoms with Crippen molar-refractivity contribution < 1.29 is 0 Å². The molecular weight excluding hydrogens is 136 g/mol. The van der Waals surface area contributed by atoms with Gasteiger partial charge in [0.05, 0.1) is 0 Å². The lowest BCUT2D eigenvalue weighted by atomic mass is 9.65. The molecule has 1 aliphatic carbocycles. The van der Waals surface area contributed by atoms with Gasteiger partial charge in [-0.25, -0.2) is 0 Å². The van der Waals surface area contributed by atoms with Crippen LogP contribution in [0.5, 0.6) is 0 Å². The van der Waals surface area contributed by atoms with Gasteiger partial charge >= 0.3 is 0 Å². The van der Waals surface area contributed by atoms with Crippen molar-refractivity contribution in [1.29, 1.82) is 0 Å². The molecule has 2 atom stereocenters. The number of piperidine rings is 1. The molecule has 0 aromatic carbocycles. The van der Waals surface area contributed by atoms with Gasteiger partial charge in [-0.1, -0.05) is 0 Å². The van der Waals surface area contributed by atoms with E-state index in [0.29, 0.717) is 0 Å². The molecule has 2 nitrogen and oxygen atoms in total. The van der Waals surface area contributed by atoms with E-state index >= 15 is 0 Å². The van der Waals surface area contributed by atoms with Gasteiger partial charge in [-0.05, 0) is 37.8 Å². The van der Waals surface area contributed by atoms with E-state index in [4.69, 9.17) is 0 Å². The van der Waals surface area contributed by atoms with E-state index in [2.05, 4.69) is 10.6 Å². The predicted molar refractivity (Wildman–Crippen MR) is 44.4 cm³/mol. The van der Waals surface area contributed by atoms with Crippen molar-refractivity contribution in [3.05, 3.63) is 0 Å². The molecule has 1 spiro atoms. The van der Waals surface area contributed by atoms with E-state index in [0.717, 1.165) is 17.3 Å². The normalized spacial score (nSPS) is 45.8. The minimum absolute atomic E-state index is 0.755. The molecule has 2 N–H and O–H groups in total. The van der Waals surface area contributed by atoms with E-state index in [1.807, 2.05) is 0 Å². The summed E-state index contributed by atoms with van der Waals surface area (Å²) in [5, 5.41) is 6.99. The molecule has 0 aromatic heterocycles. The average Bonchev–Trinajstić information content (AvgIpc) is 2.12. The molecular formula is C9H16N2. The van der Waals surface area contributed by atoms with Crippen LogP contribution in [-0.4, -0.2) is 26.2 Å². The van der Waals surface area contributed by atoms with E-state index in [9.17, 15) is 0 Å². The van der Waals surface area contributed by atoms with Gasteiger partial charge in [0.2, 0.25) is 0 Å². The standard InChI is InChI=1S/C9H16N2/c1-2-8-4-10-3-7(1)9(8)5-11-6-9/h7-8,10-11H,1-6H2/t7-,8+. The summed E-state index contributed by atoms with van der Waals surface area (Å²) in [7, 11) is 0. The molecule has 2 heteroatoms. The average molecular weight is 152 g/mol. The Kier molecular flexibility index (Phi) is 1.16.